The number of halogens is 2. The molecule has 132 valence electrons. The molecule has 1 aliphatic heterocycles. The van der Waals surface area contributed by atoms with Gasteiger partial charge in [0, 0.05) is 47.8 Å². The normalized spacial score (nSPS) is 15.2. The molecule has 7 heteroatoms. The molecule has 1 fully saturated rings. The molecule has 1 heterocycles. The Labute approximate surface area is 152 Å². The Morgan fingerprint density at radius 1 is 1.12 bits per heavy atom. The van der Waals surface area contributed by atoms with Crippen LogP contribution in [0.1, 0.15) is 26.7 Å². The number of anilines is 1. The lowest BCUT2D eigenvalue weighted by Crippen LogP contribution is -2.47. The summed E-state index contributed by atoms with van der Waals surface area (Å²) in [6, 6.07) is 5.02. The molecule has 24 heavy (non-hydrogen) atoms. The van der Waals surface area contributed by atoms with Gasteiger partial charge in [-0.2, -0.15) is 0 Å². The maximum Gasteiger partial charge on any atom is 0.319 e. The van der Waals surface area contributed by atoms with Crippen molar-refractivity contribution in [1.29, 1.82) is 0 Å². The smallest absolute Gasteiger partial charge is 0.319 e. The number of hydrogen-bond acceptors (Lipinski definition) is 2. The van der Waals surface area contributed by atoms with Gasteiger partial charge in [-0.05, 0) is 44.9 Å². The van der Waals surface area contributed by atoms with Gasteiger partial charge in [-0.25, -0.2) is 4.79 Å². The van der Waals surface area contributed by atoms with Crippen molar-refractivity contribution in [3.8, 4) is 0 Å². The van der Waals surface area contributed by atoms with Crippen LogP contribution < -0.4 is 5.32 Å². The highest BCUT2D eigenvalue weighted by molar-refractivity contribution is 6.35. The Bertz CT molecular complexity index is 577. The fourth-order valence-electron chi connectivity index (χ4n) is 2.90. The molecule has 1 aromatic rings. The zero-order valence-electron chi connectivity index (χ0n) is 14.0. The van der Waals surface area contributed by atoms with Crippen molar-refractivity contribution in [3.05, 3.63) is 28.2 Å². The zero-order chi connectivity index (χ0) is 17.7. The van der Waals surface area contributed by atoms with Crippen LogP contribution in [0, 0.1) is 5.92 Å². The van der Waals surface area contributed by atoms with Crippen molar-refractivity contribution in [3.63, 3.8) is 0 Å². The van der Waals surface area contributed by atoms with Gasteiger partial charge >= 0.3 is 6.03 Å². The van der Waals surface area contributed by atoms with Gasteiger partial charge in [0.2, 0.25) is 5.91 Å². The van der Waals surface area contributed by atoms with Crippen LogP contribution in [0.2, 0.25) is 10.0 Å². The number of likely N-dealkylation sites (tertiary alicyclic amines) is 1. The lowest BCUT2D eigenvalue weighted by molar-refractivity contribution is -0.121. The molecule has 0 spiro atoms. The van der Waals surface area contributed by atoms with Crippen LogP contribution in [0.5, 0.6) is 0 Å². The highest BCUT2D eigenvalue weighted by Gasteiger charge is 2.28. The molecule has 1 N–H and O–H groups in total. The van der Waals surface area contributed by atoms with Crippen molar-refractivity contribution in [2.75, 3.05) is 31.5 Å². The van der Waals surface area contributed by atoms with Crippen molar-refractivity contribution in [2.24, 2.45) is 5.92 Å². The van der Waals surface area contributed by atoms with Crippen molar-refractivity contribution in [1.82, 2.24) is 9.80 Å². The van der Waals surface area contributed by atoms with Crippen LogP contribution >= 0.6 is 23.2 Å². The fraction of sp³-hybridized carbons (Fsp3) is 0.529. The molecule has 1 saturated heterocycles. The fourth-order valence-corrected chi connectivity index (χ4v) is 3.42. The number of carbonyl (C=O) groups is 2. The highest BCUT2D eigenvalue weighted by atomic mass is 35.5. The molecule has 0 radical (unpaired) electrons. The minimum atomic E-state index is -0.108. The van der Waals surface area contributed by atoms with Gasteiger partial charge in [-0.1, -0.05) is 23.2 Å². The summed E-state index contributed by atoms with van der Waals surface area (Å²) in [4.78, 5) is 28.4. The number of hydrogen-bond donors (Lipinski definition) is 1. The van der Waals surface area contributed by atoms with E-state index in [1.54, 1.807) is 23.1 Å². The maximum atomic E-state index is 12.4. The average molecular weight is 372 g/mol. The molecule has 0 aromatic heterocycles. The second kappa shape index (κ2) is 8.58. The Kier molecular flexibility index (Phi) is 6.75. The van der Waals surface area contributed by atoms with Gasteiger partial charge in [0.1, 0.15) is 0 Å². The summed E-state index contributed by atoms with van der Waals surface area (Å²) < 4.78 is 0. The number of amides is 3. The first-order chi connectivity index (χ1) is 11.4. The first-order valence-corrected chi connectivity index (χ1v) is 9.01. The van der Waals surface area contributed by atoms with E-state index < -0.39 is 0 Å². The van der Waals surface area contributed by atoms with Crippen molar-refractivity contribution < 1.29 is 9.59 Å². The maximum absolute atomic E-state index is 12.4. The largest absolute Gasteiger partial charge is 0.326 e. The second-order valence-electron chi connectivity index (χ2n) is 5.86. The predicted molar refractivity (Wildman–Crippen MR) is 97.7 cm³/mol. The molecular weight excluding hydrogens is 349 g/mol. The molecule has 0 atom stereocenters. The van der Waals surface area contributed by atoms with Crippen LogP contribution in [-0.4, -0.2) is 47.9 Å². The number of urea groups is 1. The van der Waals surface area contributed by atoms with E-state index in [2.05, 4.69) is 5.32 Å². The van der Waals surface area contributed by atoms with E-state index in [0.717, 1.165) is 0 Å². The Morgan fingerprint density at radius 3 is 2.17 bits per heavy atom. The number of piperidine rings is 1. The number of nitrogens with one attached hydrogen (secondary N) is 1. The summed E-state index contributed by atoms with van der Waals surface area (Å²) in [5.41, 5.74) is 0.596. The first kappa shape index (κ1) is 18.9. The van der Waals surface area contributed by atoms with Crippen molar-refractivity contribution >= 4 is 40.8 Å². The average Bonchev–Trinajstić information content (AvgIpc) is 2.55. The number of benzene rings is 1. The van der Waals surface area contributed by atoms with Crippen LogP contribution in [-0.2, 0) is 4.79 Å². The third-order valence-corrected chi connectivity index (χ3v) is 4.74. The van der Waals surface area contributed by atoms with Gasteiger partial charge in [-0.3, -0.25) is 4.79 Å². The molecule has 0 bridgehead atoms. The van der Waals surface area contributed by atoms with Crippen LogP contribution in [0.3, 0.4) is 0 Å². The van der Waals surface area contributed by atoms with E-state index in [0.29, 0.717) is 54.8 Å². The number of rotatable bonds is 4. The van der Waals surface area contributed by atoms with E-state index in [1.807, 2.05) is 18.7 Å². The zero-order valence-corrected chi connectivity index (χ0v) is 15.5. The van der Waals surface area contributed by atoms with E-state index in [-0.39, 0.29) is 17.9 Å². The molecular formula is C17H23Cl2N3O2. The SMILES string of the molecule is CCN(CC)C(=O)N1CCC(C(=O)Nc2cc(Cl)cc(Cl)c2)CC1. The number of carbonyl (C=O) groups excluding carboxylic acids is 2. The predicted octanol–water partition coefficient (Wildman–Crippen LogP) is 4.11. The highest BCUT2D eigenvalue weighted by Crippen LogP contribution is 2.25. The summed E-state index contributed by atoms with van der Waals surface area (Å²) in [6.45, 7) is 6.54. The Morgan fingerprint density at radius 2 is 1.67 bits per heavy atom. The van der Waals surface area contributed by atoms with E-state index >= 15 is 0 Å². The van der Waals surface area contributed by atoms with E-state index in [4.69, 9.17) is 23.2 Å². The third kappa shape index (κ3) is 4.77. The summed E-state index contributed by atoms with van der Waals surface area (Å²) in [5.74, 6) is -0.160. The summed E-state index contributed by atoms with van der Waals surface area (Å²) >= 11 is 11.9. The topological polar surface area (TPSA) is 52.7 Å². The van der Waals surface area contributed by atoms with Gasteiger partial charge in [0.15, 0.2) is 0 Å². The Hall–Kier alpha value is -1.46. The number of nitrogens with zero attached hydrogens (tertiary/aromatic N) is 2. The third-order valence-electron chi connectivity index (χ3n) is 4.30. The lowest BCUT2D eigenvalue weighted by Gasteiger charge is -2.34. The minimum absolute atomic E-state index is 0.0525. The lowest BCUT2D eigenvalue weighted by atomic mass is 9.96. The van der Waals surface area contributed by atoms with Crippen LogP contribution in [0.4, 0.5) is 10.5 Å². The Balaban J connectivity index is 1.89. The van der Waals surface area contributed by atoms with Gasteiger partial charge < -0.3 is 15.1 Å². The molecule has 0 aliphatic carbocycles. The molecule has 5 nitrogen and oxygen atoms in total. The van der Waals surface area contributed by atoms with Gasteiger partial charge in [0.25, 0.3) is 0 Å². The minimum Gasteiger partial charge on any atom is -0.326 e. The first-order valence-electron chi connectivity index (χ1n) is 8.25. The molecule has 3 amide bonds. The molecule has 1 aromatic carbocycles. The second-order valence-corrected chi connectivity index (χ2v) is 6.74. The van der Waals surface area contributed by atoms with Crippen molar-refractivity contribution in [2.45, 2.75) is 26.7 Å². The van der Waals surface area contributed by atoms with E-state index in [1.165, 1.54) is 0 Å². The van der Waals surface area contributed by atoms with Gasteiger partial charge in [-0.15, -0.1) is 0 Å². The molecule has 2 rings (SSSR count). The standard InChI is InChI=1S/C17H23Cl2N3O2/c1-3-21(4-2)17(24)22-7-5-12(6-8-22)16(23)20-15-10-13(18)9-14(19)11-15/h9-12H,3-8H2,1-2H3,(H,20,23). The quantitative estimate of drug-likeness (QED) is 0.865. The van der Waals surface area contributed by atoms with Crippen LogP contribution in [0.15, 0.2) is 18.2 Å². The molecule has 0 saturated carbocycles. The van der Waals surface area contributed by atoms with E-state index in [9.17, 15) is 9.59 Å². The summed E-state index contributed by atoms with van der Waals surface area (Å²) in [7, 11) is 0. The monoisotopic (exact) mass is 371 g/mol. The molecule has 1 aliphatic rings. The van der Waals surface area contributed by atoms with Crippen LogP contribution in [0.25, 0.3) is 0 Å². The summed E-state index contributed by atoms with van der Waals surface area (Å²) in [6.07, 6.45) is 1.32. The van der Waals surface area contributed by atoms with Gasteiger partial charge in [0.05, 0.1) is 0 Å². The molecule has 0 unspecified atom stereocenters. The summed E-state index contributed by atoms with van der Waals surface area (Å²) in [5, 5.41) is 3.83.